The molecule has 0 aliphatic heterocycles. The molecule has 154 valence electrons. The quantitative estimate of drug-likeness (QED) is 0.341. The van der Waals surface area contributed by atoms with E-state index in [1.165, 1.54) is 28.8 Å². The summed E-state index contributed by atoms with van der Waals surface area (Å²) in [6.07, 6.45) is -4.85. The van der Waals surface area contributed by atoms with Gasteiger partial charge in [-0.1, -0.05) is 18.2 Å². The Balaban J connectivity index is 1.53. The molecule has 10 heteroatoms. The molecule has 0 amide bonds. The van der Waals surface area contributed by atoms with Crippen molar-refractivity contribution in [1.29, 1.82) is 0 Å². The van der Waals surface area contributed by atoms with Crippen LogP contribution >= 0.6 is 0 Å². The topological polar surface area (TPSA) is 66.5 Å². The lowest BCUT2D eigenvalue weighted by Gasteiger charge is -2.08. The van der Waals surface area contributed by atoms with E-state index in [1.54, 1.807) is 24.3 Å². The number of halogens is 4. The molecule has 0 N–H and O–H groups in total. The van der Waals surface area contributed by atoms with Gasteiger partial charge in [0.05, 0.1) is 12.1 Å². The summed E-state index contributed by atoms with van der Waals surface area (Å²) < 4.78 is 65.8. The van der Waals surface area contributed by atoms with Crippen molar-refractivity contribution in [3.8, 4) is 17.4 Å². The first kappa shape index (κ1) is 19.5. The normalized spacial score (nSPS) is 11.6. The summed E-state index contributed by atoms with van der Waals surface area (Å²) in [6.45, 7) is 0.115. The molecule has 4 rings (SSSR count). The van der Waals surface area contributed by atoms with Gasteiger partial charge in [0.1, 0.15) is 11.5 Å². The average molecular weight is 420 g/mol. The van der Waals surface area contributed by atoms with Gasteiger partial charge in [-0.25, -0.2) is 4.79 Å². The van der Waals surface area contributed by atoms with Crippen LogP contribution in [0.25, 0.3) is 11.1 Å². The van der Waals surface area contributed by atoms with Crippen molar-refractivity contribution in [2.45, 2.75) is 12.9 Å². The van der Waals surface area contributed by atoms with Crippen molar-refractivity contribution in [3.63, 3.8) is 0 Å². The van der Waals surface area contributed by atoms with Gasteiger partial charge < -0.3 is 13.9 Å². The van der Waals surface area contributed by atoms with E-state index >= 15 is 0 Å². The van der Waals surface area contributed by atoms with Crippen LogP contribution in [0.3, 0.4) is 0 Å². The fourth-order valence-corrected chi connectivity index (χ4v) is 2.81. The molecular weight excluding hydrogens is 408 g/mol. The molecule has 0 saturated carbocycles. The zero-order valence-corrected chi connectivity index (χ0v) is 15.0. The number of nitrogens with zero attached hydrogens (tertiary/aromatic N) is 2. The molecule has 2 aromatic heterocycles. The van der Waals surface area contributed by atoms with Gasteiger partial charge in [0, 0.05) is 12.1 Å². The monoisotopic (exact) mass is 420 g/mol. The minimum absolute atomic E-state index is 0.0288. The van der Waals surface area contributed by atoms with Crippen LogP contribution in [0.4, 0.5) is 17.6 Å². The fraction of sp³-hybridized carbons (Fsp3) is 0.100. The minimum atomic E-state index is -4.85. The molecule has 0 aliphatic carbocycles. The van der Waals surface area contributed by atoms with Gasteiger partial charge in [-0.2, -0.15) is 9.37 Å². The highest BCUT2D eigenvalue weighted by Crippen LogP contribution is 2.27. The summed E-state index contributed by atoms with van der Waals surface area (Å²) in [5.41, 5.74) is 0.993. The molecular formula is C20H12F4N2O4. The second-order valence-corrected chi connectivity index (χ2v) is 6.18. The Hall–Kier alpha value is -3.82. The van der Waals surface area contributed by atoms with E-state index < -0.39 is 23.8 Å². The number of alkyl halides is 3. The Labute approximate surface area is 165 Å². The van der Waals surface area contributed by atoms with Crippen LogP contribution in [0.2, 0.25) is 0 Å². The van der Waals surface area contributed by atoms with E-state index in [4.69, 9.17) is 9.15 Å². The number of oxazole rings is 1. The first-order valence-electron chi connectivity index (χ1n) is 8.55. The second-order valence-electron chi connectivity index (χ2n) is 6.18. The summed E-state index contributed by atoms with van der Waals surface area (Å²) in [4.78, 5) is 15.7. The molecule has 0 unspecified atom stereocenters. The van der Waals surface area contributed by atoms with Gasteiger partial charge in [-0.3, -0.25) is 4.57 Å². The standard InChI is InChI=1S/C20H12F4N2O4/c21-17-2-1-3-18(25-17)28-13-6-4-12(5-7-13)11-26-15-9-8-14(30-20(22,23)24)10-16(15)29-19(26)27/h1-10H,11H2. The molecule has 0 saturated heterocycles. The van der Waals surface area contributed by atoms with Crippen LogP contribution in [-0.4, -0.2) is 15.9 Å². The largest absolute Gasteiger partial charge is 0.573 e. The zero-order valence-electron chi connectivity index (χ0n) is 15.0. The van der Waals surface area contributed by atoms with Gasteiger partial charge >= 0.3 is 12.1 Å². The lowest BCUT2D eigenvalue weighted by atomic mass is 10.2. The number of pyridine rings is 1. The van der Waals surface area contributed by atoms with Gasteiger partial charge in [-0.05, 0) is 35.9 Å². The van der Waals surface area contributed by atoms with Crippen molar-refractivity contribution in [1.82, 2.24) is 9.55 Å². The van der Waals surface area contributed by atoms with Crippen molar-refractivity contribution in [2.24, 2.45) is 0 Å². The maximum atomic E-state index is 13.1. The lowest BCUT2D eigenvalue weighted by molar-refractivity contribution is -0.274. The van der Waals surface area contributed by atoms with E-state index in [0.717, 1.165) is 12.1 Å². The first-order chi connectivity index (χ1) is 14.3. The number of aromatic nitrogens is 2. The molecule has 0 fully saturated rings. The molecule has 0 bridgehead atoms. The number of fused-ring (bicyclic) bond motifs is 1. The van der Waals surface area contributed by atoms with Crippen LogP contribution < -0.4 is 15.2 Å². The Kier molecular flexibility index (Phi) is 4.90. The molecule has 30 heavy (non-hydrogen) atoms. The smallest absolute Gasteiger partial charge is 0.439 e. The third-order valence-corrected chi connectivity index (χ3v) is 4.05. The van der Waals surface area contributed by atoms with Crippen molar-refractivity contribution < 1.29 is 31.5 Å². The molecule has 0 aliphatic rings. The van der Waals surface area contributed by atoms with Gasteiger partial charge in [0.15, 0.2) is 5.58 Å². The number of hydrogen-bond donors (Lipinski definition) is 0. The highest BCUT2D eigenvalue weighted by Gasteiger charge is 2.31. The summed E-state index contributed by atoms with van der Waals surface area (Å²) in [5.74, 6) is -1.37. The van der Waals surface area contributed by atoms with Crippen molar-refractivity contribution >= 4 is 11.1 Å². The minimum Gasteiger partial charge on any atom is -0.439 e. The van der Waals surface area contributed by atoms with E-state index in [9.17, 15) is 22.4 Å². The summed E-state index contributed by atoms with van der Waals surface area (Å²) in [6, 6.07) is 14.2. The van der Waals surface area contributed by atoms with E-state index in [-0.39, 0.29) is 18.0 Å². The Morgan fingerprint density at radius 2 is 1.73 bits per heavy atom. The predicted octanol–water partition coefficient (Wildman–Crippen LogP) is 4.87. The molecule has 0 radical (unpaired) electrons. The van der Waals surface area contributed by atoms with E-state index in [2.05, 4.69) is 9.72 Å². The second kappa shape index (κ2) is 7.54. The van der Waals surface area contributed by atoms with E-state index in [1.807, 2.05) is 0 Å². The third kappa shape index (κ3) is 4.43. The zero-order chi connectivity index (χ0) is 21.3. The van der Waals surface area contributed by atoms with Crippen LogP contribution in [-0.2, 0) is 6.54 Å². The summed E-state index contributed by atoms with van der Waals surface area (Å²) in [5, 5.41) is 0. The summed E-state index contributed by atoms with van der Waals surface area (Å²) in [7, 11) is 0. The first-order valence-corrected chi connectivity index (χ1v) is 8.55. The molecule has 2 aromatic carbocycles. The Morgan fingerprint density at radius 3 is 2.43 bits per heavy atom. The number of ether oxygens (including phenoxy) is 2. The molecule has 0 spiro atoms. The highest BCUT2D eigenvalue weighted by molar-refractivity contribution is 5.74. The van der Waals surface area contributed by atoms with Crippen LogP contribution in [0.15, 0.2) is 69.9 Å². The number of benzene rings is 2. The molecule has 0 atom stereocenters. The summed E-state index contributed by atoms with van der Waals surface area (Å²) >= 11 is 0. The van der Waals surface area contributed by atoms with Crippen molar-refractivity contribution in [2.75, 3.05) is 0 Å². The Morgan fingerprint density at radius 1 is 1.00 bits per heavy atom. The maximum Gasteiger partial charge on any atom is 0.573 e. The number of hydrogen-bond acceptors (Lipinski definition) is 5. The highest BCUT2D eigenvalue weighted by atomic mass is 19.4. The lowest BCUT2D eigenvalue weighted by Crippen LogP contribution is -2.17. The molecule has 2 heterocycles. The molecule has 6 nitrogen and oxygen atoms in total. The molecule has 4 aromatic rings. The van der Waals surface area contributed by atoms with Gasteiger partial charge in [0.2, 0.25) is 11.8 Å². The van der Waals surface area contributed by atoms with Gasteiger partial charge in [-0.15, -0.1) is 13.2 Å². The number of rotatable bonds is 5. The SMILES string of the molecule is O=c1oc2cc(OC(F)(F)F)ccc2n1Cc1ccc(Oc2cccc(F)n2)cc1. The third-order valence-electron chi connectivity index (χ3n) is 4.05. The maximum absolute atomic E-state index is 13.1. The fourth-order valence-electron chi connectivity index (χ4n) is 2.81. The van der Waals surface area contributed by atoms with Gasteiger partial charge in [0.25, 0.3) is 0 Å². The van der Waals surface area contributed by atoms with Crippen molar-refractivity contribution in [3.05, 3.63) is 82.7 Å². The average Bonchev–Trinajstić information content (AvgIpc) is 2.96. The van der Waals surface area contributed by atoms with Crippen LogP contribution in [0, 0.1) is 5.95 Å². The van der Waals surface area contributed by atoms with Crippen LogP contribution in [0.5, 0.6) is 17.4 Å². The Bertz CT molecular complexity index is 1250. The van der Waals surface area contributed by atoms with Crippen LogP contribution in [0.1, 0.15) is 5.56 Å². The predicted molar refractivity (Wildman–Crippen MR) is 97.0 cm³/mol. The van der Waals surface area contributed by atoms with E-state index in [0.29, 0.717) is 16.8 Å².